The van der Waals surface area contributed by atoms with Gasteiger partial charge in [-0.3, -0.25) is 9.48 Å². The zero-order chi connectivity index (χ0) is 19.6. The van der Waals surface area contributed by atoms with Crippen molar-refractivity contribution in [2.24, 2.45) is 0 Å². The molecule has 0 aliphatic heterocycles. The van der Waals surface area contributed by atoms with E-state index < -0.39 is 11.7 Å². The molecule has 1 aromatic heterocycles. The summed E-state index contributed by atoms with van der Waals surface area (Å²) in [6, 6.07) is 12.5. The zero-order valence-electron chi connectivity index (χ0n) is 14.4. The maximum atomic E-state index is 13.2. The number of aryl methyl sites for hydroxylation is 1. The minimum Gasteiger partial charge on any atom is -0.294 e. The molecule has 140 valence electrons. The van der Waals surface area contributed by atoms with E-state index in [1.165, 1.54) is 16.8 Å². The van der Waals surface area contributed by atoms with E-state index in [1.807, 2.05) is 19.1 Å². The number of nitrogens with zero attached hydrogens (tertiary/aromatic N) is 2. The van der Waals surface area contributed by atoms with Gasteiger partial charge in [0.25, 0.3) is 0 Å². The predicted molar refractivity (Wildman–Crippen MR) is 97.0 cm³/mol. The van der Waals surface area contributed by atoms with Crippen LogP contribution < -0.4 is 0 Å². The second-order valence-electron chi connectivity index (χ2n) is 6.18. The van der Waals surface area contributed by atoms with Gasteiger partial charge in [0.05, 0.1) is 24.2 Å². The van der Waals surface area contributed by atoms with Crippen molar-refractivity contribution in [2.45, 2.75) is 26.1 Å². The second kappa shape index (κ2) is 7.56. The molecule has 0 spiro atoms. The number of hydrogen-bond acceptors (Lipinski definition) is 2. The highest BCUT2D eigenvalue weighted by molar-refractivity contribution is 6.31. The highest BCUT2D eigenvalue weighted by atomic mass is 35.5. The molecule has 7 heteroatoms. The van der Waals surface area contributed by atoms with Crippen LogP contribution in [0.2, 0.25) is 5.02 Å². The van der Waals surface area contributed by atoms with Gasteiger partial charge in [-0.2, -0.15) is 18.3 Å². The molecule has 0 bridgehead atoms. The monoisotopic (exact) mass is 392 g/mol. The molecule has 0 saturated heterocycles. The van der Waals surface area contributed by atoms with Crippen LogP contribution in [0.3, 0.4) is 0 Å². The van der Waals surface area contributed by atoms with Crippen LogP contribution in [-0.4, -0.2) is 15.6 Å². The Morgan fingerprint density at radius 3 is 2.56 bits per heavy atom. The van der Waals surface area contributed by atoms with Crippen LogP contribution in [0, 0.1) is 6.92 Å². The van der Waals surface area contributed by atoms with Crippen LogP contribution >= 0.6 is 11.6 Å². The summed E-state index contributed by atoms with van der Waals surface area (Å²) in [6.07, 6.45) is -2.88. The molecule has 0 saturated carbocycles. The quantitative estimate of drug-likeness (QED) is 0.549. The Morgan fingerprint density at radius 2 is 1.85 bits per heavy atom. The van der Waals surface area contributed by atoms with Crippen molar-refractivity contribution in [3.63, 3.8) is 0 Å². The molecule has 0 unspecified atom stereocenters. The number of hydrogen-bond donors (Lipinski definition) is 0. The lowest BCUT2D eigenvalue weighted by atomic mass is 10.0. The molecule has 0 atom stereocenters. The number of Topliss-reactive ketones (excluding diaryl/α,β-unsaturated/α-hetero) is 1. The maximum Gasteiger partial charge on any atom is 0.416 e. The highest BCUT2D eigenvalue weighted by Gasteiger charge is 2.34. The maximum absolute atomic E-state index is 13.2. The van der Waals surface area contributed by atoms with E-state index in [-0.39, 0.29) is 29.3 Å². The molecule has 3 rings (SSSR count). The summed E-state index contributed by atoms with van der Waals surface area (Å²) >= 11 is 5.98. The summed E-state index contributed by atoms with van der Waals surface area (Å²) in [5, 5.41) is 4.26. The van der Waals surface area contributed by atoms with Gasteiger partial charge < -0.3 is 0 Å². The van der Waals surface area contributed by atoms with Gasteiger partial charge in [-0.15, -0.1) is 0 Å². The van der Waals surface area contributed by atoms with Crippen LogP contribution in [-0.2, 0) is 19.1 Å². The van der Waals surface area contributed by atoms with Gasteiger partial charge in [0.1, 0.15) is 0 Å². The van der Waals surface area contributed by atoms with Crippen LogP contribution in [0.5, 0.6) is 0 Å². The Bertz CT molecular complexity index is 979. The lowest BCUT2D eigenvalue weighted by Gasteiger charge is -2.14. The van der Waals surface area contributed by atoms with Gasteiger partial charge in [0.2, 0.25) is 0 Å². The smallest absolute Gasteiger partial charge is 0.294 e. The van der Waals surface area contributed by atoms with Crippen LogP contribution in [0.15, 0.2) is 54.7 Å². The fourth-order valence-electron chi connectivity index (χ4n) is 2.88. The lowest BCUT2D eigenvalue weighted by molar-refractivity contribution is -0.138. The normalized spacial score (nSPS) is 11.6. The number of carbonyl (C=O) groups excluding carboxylic acids is 1. The number of ketones is 1. The van der Waals surface area contributed by atoms with Crippen molar-refractivity contribution in [1.29, 1.82) is 0 Å². The summed E-state index contributed by atoms with van der Waals surface area (Å²) in [5.41, 5.74) is 1.13. The molecule has 2 aromatic carbocycles. The highest BCUT2D eigenvalue weighted by Crippen LogP contribution is 2.35. The first-order valence-electron chi connectivity index (χ1n) is 8.21. The Hall–Kier alpha value is -2.60. The number of rotatable bonds is 5. The Kier molecular flexibility index (Phi) is 5.37. The van der Waals surface area contributed by atoms with Gasteiger partial charge in [-0.25, -0.2) is 0 Å². The van der Waals surface area contributed by atoms with Crippen LogP contribution in [0.25, 0.3) is 0 Å². The minimum absolute atomic E-state index is 0.0258. The molecular weight excluding hydrogens is 377 g/mol. The molecule has 0 amide bonds. The molecule has 1 heterocycles. The lowest BCUT2D eigenvalue weighted by Crippen LogP contribution is -2.13. The van der Waals surface area contributed by atoms with Crippen LogP contribution in [0.4, 0.5) is 13.2 Å². The topological polar surface area (TPSA) is 34.9 Å². The van der Waals surface area contributed by atoms with Gasteiger partial charge >= 0.3 is 6.18 Å². The average molecular weight is 393 g/mol. The summed E-state index contributed by atoms with van der Waals surface area (Å²) < 4.78 is 41.0. The van der Waals surface area contributed by atoms with Gasteiger partial charge in [0.15, 0.2) is 5.78 Å². The number of alkyl halides is 3. The van der Waals surface area contributed by atoms with Crippen molar-refractivity contribution in [3.05, 3.63) is 87.7 Å². The summed E-state index contributed by atoms with van der Waals surface area (Å²) in [5.74, 6) is -0.0907. The fourth-order valence-corrected chi connectivity index (χ4v) is 3.11. The van der Waals surface area contributed by atoms with E-state index in [2.05, 4.69) is 5.10 Å². The van der Waals surface area contributed by atoms with E-state index >= 15 is 0 Å². The number of halogens is 4. The van der Waals surface area contributed by atoms with Crippen molar-refractivity contribution in [3.8, 4) is 0 Å². The Labute approximate surface area is 159 Å². The summed E-state index contributed by atoms with van der Waals surface area (Å²) in [7, 11) is 0. The van der Waals surface area contributed by atoms with E-state index in [0.29, 0.717) is 11.3 Å². The van der Waals surface area contributed by atoms with Crippen molar-refractivity contribution in [1.82, 2.24) is 9.78 Å². The van der Waals surface area contributed by atoms with E-state index in [9.17, 15) is 18.0 Å². The first kappa shape index (κ1) is 19.2. The minimum atomic E-state index is -4.50. The molecule has 3 aromatic rings. The third kappa shape index (κ3) is 4.39. The number of benzene rings is 2. The molecule has 0 aliphatic carbocycles. The van der Waals surface area contributed by atoms with Gasteiger partial charge in [0, 0.05) is 22.3 Å². The molecule has 3 nitrogen and oxygen atoms in total. The van der Waals surface area contributed by atoms with E-state index in [0.717, 1.165) is 11.6 Å². The molecule has 27 heavy (non-hydrogen) atoms. The first-order chi connectivity index (χ1) is 12.8. The fraction of sp³-hybridized carbons (Fsp3) is 0.200. The molecule has 0 aliphatic rings. The number of aromatic nitrogens is 2. The first-order valence-corrected chi connectivity index (χ1v) is 8.59. The predicted octanol–water partition coefficient (Wildman–Crippen LogP) is 5.34. The van der Waals surface area contributed by atoms with Crippen molar-refractivity contribution in [2.75, 3.05) is 0 Å². The Morgan fingerprint density at radius 1 is 1.11 bits per heavy atom. The number of carbonyl (C=O) groups is 1. The Balaban J connectivity index is 1.80. The molecule has 0 N–H and O–H groups in total. The van der Waals surface area contributed by atoms with E-state index in [4.69, 9.17) is 11.6 Å². The molecule has 0 fully saturated rings. The van der Waals surface area contributed by atoms with Gasteiger partial charge in [-0.1, -0.05) is 41.9 Å². The summed E-state index contributed by atoms with van der Waals surface area (Å²) in [6.45, 7) is 1.72. The van der Waals surface area contributed by atoms with Gasteiger partial charge in [-0.05, 0) is 30.7 Å². The third-order valence-electron chi connectivity index (χ3n) is 4.23. The van der Waals surface area contributed by atoms with Crippen LogP contribution in [0.1, 0.15) is 32.7 Å². The third-order valence-corrected chi connectivity index (χ3v) is 4.58. The average Bonchev–Trinajstić information content (AvgIpc) is 3.03. The molecular formula is C20H16ClF3N2O. The second-order valence-corrected chi connectivity index (χ2v) is 6.59. The largest absolute Gasteiger partial charge is 0.416 e. The zero-order valence-corrected chi connectivity index (χ0v) is 15.2. The summed E-state index contributed by atoms with van der Waals surface area (Å²) in [4.78, 5) is 12.4. The van der Waals surface area contributed by atoms with E-state index in [1.54, 1.807) is 24.4 Å². The standard InChI is InChI=1S/C20H16ClF3N2O/c1-13-5-2-3-6-15(13)19(27)11-14-9-10-26(25-14)12-16-17(20(22,23)24)7-4-8-18(16)21/h2-10H,11-12H2,1H3. The van der Waals surface area contributed by atoms with Crippen molar-refractivity contribution < 1.29 is 18.0 Å². The molecule has 0 radical (unpaired) electrons. The van der Waals surface area contributed by atoms with Crippen molar-refractivity contribution >= 4 is 17.4 Å². The SMILES string of the molecule is Cc1ccccc1C(=O)Cc1ccn(Cc2c(Cl)cccc2C(F)(F)F)n1.